The van der Waals surface area contributed by atoms with E-state index in [4.69, 9.17) is 19.9 Å². The Morgan fingerprint density at radius 3 is 1.45 bits per heavy atom. The van der Waals surface area contributed by atoms with E-state index in [1.807, 2.05) is 79.0 Å². The van der Waals surface area contributed by atoms with Crippen molar-refractivity contribution < 1.29 is 0 Å². The number of para-hydroxylation sites is 2. The van der Waals surface area contributed by atoms with E-state index in [1.165, 1.54) is 10.8 Å². The number of fused-ring (bicyclic) bond motifs is 7. The van der Waals surface area contributed by atoms with Gasteiger partial charge in [0.1, 0.15) is 5.82 Å². The third-order valence-corrected chi connectivity index (χ3v) is 8.24. The topological polar surface area (TPSA) is 61.4 Å². The molecule has 0 aliphatic heterocycles. The second-order valence-electron chi connectivity index (χ2n) is 10.8. The van der Waals surface area contributed by atoms with E-state index in [2.05, 4.69) is 75.9 Å². The highest BCUT2D eigenvalue weighted by Gasteiger charge is 2.22. The van der Waals surface area contributed by atoms with Crippen LogP contribution in [0.5, 0.6) is 0 Å². The molecule has 0 N–H and O–H groups in total. The first kappa shape index (κ1) is 24.5. The van der Waals surface area contributed by atoms with Crippen molar-refractivity contribution in [2.24, 2.45) is 0 Å². The van der Waals surface area contributed by atoms with E-state index >= 15 is 0 Å². The first-order valence-electron chi connectivity index (χ1n) is 14.6. The Labute approximate surface area is 252 Å². The van der Waals surface area contributed by atoms with Crippen molar-refractivity contribution in [2.75, 3.05) is 0 Å². The van der Waals surface area contributed by atoms with Gasteiger partial charge in [-0.1, -0.05) is 103 Å². The summed E-state index contributed by atoms with van der Waals surface area (Å²) in [5.41, 5.74) is 6.17. The lowest BCUT2D eigenvalue weighted by Crippen LogP contribution is -2.06. The molecule has 6 heteroatoms. The molecular formula is C38H24N6. The van der Waals surface area contributed by atoms with Gasteiger partial charge in [-0.2, -0.15) is 9.97 Å². The summed E-state index contributed by atoms with van der Waals surface area (Å²) in [6.45, 7) is 0. The number of hydrogen-bond donors (Lipinski definition) is 0. The Kier molecular flexibility index (Phi) is 5.40. The smallest absolute Gasteiger partial charge is 0.238 e. The number of pyridine rings is 1. The molecule has 0 radical (unpaired) electrons. The maximum absolute atomic E-state index is 5.09. The maximum Gasteiger partial charge on any atom is 0.238 e. The average molecular weight is 565 g/mol. The largest absolute Gasteiger partial charge is 0.294 e. The van der Waals surface area contributed by atoms with Crippen molar-refractivity contribution in [2.45, 2.75) is 0 Å². The van der Waals surface area contributed by atoms with Gasteiger partial charge in [0.05, 0.1) is 22.1 Å². The standard InChI is InChI=1S/C38H24N6/c1-3-13-25(14-4-1)36-40-37(26-15-5-2-6-16-26)42-38(41-36)44-30-20-10-8-18-28(30)35-32(44)23-22-31-34(35)27-17-7-9-19-29(27)43(31)33-21-11-12-24-39-33/h1-24H. The second kappa shape index (κ2) is 9.71. The number of rotatable bonds is 4. The second-order valence-corrected chi connectivity index (χ2v) is 10.8. The molecular weight excluding hydrogens is 540 g/mol. The molecule has 0 fully saturated rings. The number of hydrogen-bond acceptors (Lipinski definition) is 4. The molecule has 4 heterocycles. The molecule has 0 spiro atoms. The van der Waals surface area contributed by atoms with Crippen LogP contribution in [0.4, 0.5) is 0 Å². The summed E-state index contributed by atoms with van der Waals surface area (Å²) in [6.07, 6.45) is 1.84. The van der Waals surface area contributed by atoms with Crippen LogP contribution in [-0.4, -0.2) is 29.1 Å². The van der Waals surface area contributed by atoms with E-state index in [1.54, 1.807) is 0 Å². The molecule has 0 amide bonds. The highest BCUT2D eigenvalue weighted by atomic mass is 15.2. The number of aromatic nitrogens is 6. The SMILES string of the molecule is c1ccc(-c2nc(-c3ccccc3)nc(-n3c4ccccc4c4c5c6ccccc6n(-c6ccccn6)c5ccc43)n2)cc1. The Morgan fingerprint density at radius 1 is 0.386 bits per heavy atom. The lowest BCUT2D eigenvalue weighted by molar-refractivity contribution is 0.953. The third-order valence-electron chi connectivity index (χ3n) is 8.24. The van der Waals surface area contributed by atoms with E-state index in [-0.39, 0.29) is 0 Å². The van der Waals surface area contributed by atoms with Gasteiger partial charge in [0, 0.05) is 38.9 Å². The van der Waals surface area contributed by atoms with Crippen molar-refractivity contribution in [3.63, 3.8) is 0 Å². The van der Waals surface area contributed by atoms with Gasteiger partial charge < -0.3 is 0 Å². The number of nitrogens with zero attached hydrogens (tertiary/aromatic N) is 6. The highest BCUT2D eigenvalue weighted by molar-refractivity contribution is 6.28. The van der Waals surface area contributed by atoms with E-state index in [0.29, 0.717) is 17.6 Å². The lowest BCUT2D eigenvalue weighted by Gasteiger charge is -2.11. The van der Waals surface area contributed by atoms with Crippen LogP contribution in [-0.2, 0) is 0 Å². The molecule has 0 atom stereocenters. The summed E-state index contributed by atoms with van der Waals surface area (Å²) in [5.74, 6) is 2.73. The Balaban J connectivity index is 1.41. The summed E-state index contributed by atoms with van der Waals surface area (Å²) in [4.78, 5) is 19.8. The summed E-state index contributed by atoms with van der Waals surface area (Å²) >= 11 is 0. The van der Waals surface area contributed by atoms with Gasteiger partial charge in [0.15, 0.2) is 11.6 Å². The van der Waals surface area contributed by atoms with Crippen LogP contribution in [0.25, 0.3) is 78.2 Å². The van der Waals surface area contributed by atoms with Gasteiger partial charge in [0.25, 0.3) is 0 Å². The minimum Gasteiger partial charge on any atom is -0.294 e. The number of benzene rings is 5. The zero-order valence-electron chi connectivity index (χ0n) is 23.5. The van der Waals surface area contributed by atoms with Gasteiger partial charge in [-0.3, -0.25) is 9.13 Å². The molecule has 9 aromatic rings. The Morgan fingerprint density at radius 2 is 0.886 bits per heavy atom. The third kappa shape index (κ3) is 3.68. The molecule has 0 aliphatic rings. The zero-order chi connectivity index (χ0) is 29.0. The van der Waals surface area contributed by atoms with E-state index in [9.17, 15) is 0 Å². The van der Waals surface area contributed by atoms with Crippen LogP contribution < -0.4 is 0 Å². The molecule has 4 aromatic heterocycles. The van der Waals surface area contributed by atoms with E-state index < -0.39 is 0 Å². The van der Waals surface area contributed by atoms with Crippen molar-refractivity contribution in [3.05, 3.63) is 146 Å². The van der Waals surface area contributed by atoms with Crippen molar-refractivity contribution in [3.8, 4) is 34.5 Å². The van der Waals surface area contributed by atoms with Gasteiger partial charge in [-0.05, 0) is 36.4 Å². The van der Waals surface area contributed by atoms with Crippen molar-refractivity contribution >= 4 is 43.6 Å². The quantitative estimate of drug-likeness (QED) is 0.214. The summed E-state index contributed by atoms with van der Waals surface area (Å²) in [5, 5.41) is 4.65. The molecule has 0 aliphatic carbocycles. The van der Waals surface area contributed by atoms with Gasteiger partial charge in [-0.15, -0.1) is 0 Å². The van der Waals surface area contributed by atoms with Crippen LogP contribution in [0.15, 0.2) is 146 Å². The minimum absolute atomic E-state index is 0.580. The van der Waals surface area contributed by atoms with Crippen molar-refractivity contribution in [1.82, 2.24) is 29.1 Å². The maximum atomic E-state index is 5.09. The predicted molar refractivity (Wildman–Crippen MR) is 177 cm³/mol. The summed E-state index contributed by atoms with van der Waals surface area (Å²) in [6, 6.07) is 47.7. The van der Waals surface area contributed by atoms with Crippen LogP contribution in [0, 0.1) is 0 Å². The molecule has 0 saturated carbocycles. The molecule has 44 heavy (non-hydrogen) atoms. The van der Waals surface area contributed by atoms with Crippen LogP contribution in [0.2, 0.25) is 0 Å². The zero-order valence-corrected chi connectivity index (χ0v) is 23.5. The highest BCUT2D eigenvalue weighted by Crippen LogP contribution is 2.41. The van der Waals surface area contributed by atoms with Gasteiger partial charge in [0.2, 0.25) is 5.95 Å². The average Bonchev–Trinajstić information content (AvgIpc) is 3.62. The molecule has 0 unspecified atom stereocenters. The lowest BCUT2D eigenvalue weighted by atomic mass is 10.1. The predicted octanol–water partition coefficient (Wildman–Crippen LogP) is 8.79. The fourth-order valence-corrected chi connectivity index (χ4v) is 6.36. The fraction of sp³-hybridized carbons (Fsp3) is 0. The van der Waals surface area contributed by atoms with Crippen LogP contribution in [0.3, 0.4) is 0 Å². The Hall–Kier alpha value is -6.14. The Bertz CT molecular complexity index is 2420. The summed E-state index contributed by atoms with van der Waals surface area (Å²) in [7, 11) is 0. The molecule has 9 rings (SSSR count). The van der Waals surface area contributed by atoms with E-state index in [0.717, 1.165) is 49.8 Å². The molecule has 0 bridgehead atoms. The van der Waals surface area contributed by atoms with Gasteiger partial charge >= 0.3 is 0 Å². The summed E-state index contributed by atoms with van der Waals surface area (Å²) < 4.78 is 4.43. The minimum atomic E-state index is 0.580. The normalized spacial score (nSPS) is 11.6. The molecule has 5 aromatic carbocycles. The molecule has 6 nitrogen and oxygen atoms in total. The van der Waals surface area contributed by atoms with Crippen LogP contribution >= 0.6 is 0 Å². The molecule has 0 saturated heterocycles. The first-order valence-corrected chi connectivity index (χ1v) is 14.6. The van der Waals surface area contributed by atoms with Crippen LogP contribution in [0.1, 0.15) is 0 Å². The fourth-order valence-electron chi connectivity index (χ4n) is 6.36. The van der Waals surface area contributed by atoms with Crippen molar-refractivity contribution in [1.29, 1.82) is 0 Å². The first-order chi connectivity index (χ1) is 21.8. The van der Waals surface area contributed by atoms with Gasteiger partial charge in [-0.25, -0.2) is 9.97 Å². The monoisotopic (exact) mass is 564 g/mol. The molecule has 206 valence electrons.